The van der Waals surface area contributed by atoms with Crippen molar-refractivity contribution in [2.45, 2.75) is 13.3 Å². The van der Waals surface area contributed by atoms with Crippen LogP contribution < -0.4 is 10.6 Å². The molecule has 0 saturated heterocycles. The lowest BCUT2D eigenvalue weighted by Crippen LogP contribution is -2.08. The lowest BCUT2D eigenvalue weighted by atomic mass is 10.1. The number of hydrogen-bond donors (Lipinski definition) is 2. The molecule has 2 N–H and O–H groups in total. The average molecular weight is 255 g/mol. The van der Waals surface area contributed by atoms with E-state index in [4.69, 9.17) is 0 Å². The molecule has 0 fully saturated rings. The van der Waals surface area contributed by atoms with E-state index in [1.165, 1.54) is 12.5 Å². The fourth-order valence-electron chi connectivity index (χ4n) is 1.76. The summed E-state index contributed by atoms with van der Waals surface area (Å²) in [7, 11) is 0. The van der Waals surface area contributed by atoms with Gasteiger partial charge in [0.2, 0.25) is 5.91 Å². The number of nitrogens with one attached hydrogen (secondary N) is 2. The number of amides is 1. The van der Waals surface area contributed by atoms with Crippen molar-refractivity contribution in [1.29, 1.82) is 0 Å². The van der Waals surface area contributed by atoms with Gasteiger partial charge in [0.1, 0.15) is 5.82 Å². The van der Waals surface area contributed by atoms with Crippen LogP contribution in [0.3, 0.4) is 0 Å². The normalized spacial score (nSPS) is 9.95. The Labute approximate surface area is 112 Å². The van der Waals surface area contributed by atoms with E-state index in [1.807, 2.05) is 30.3 Å². The zero-order valence-corrected chi connectivity index (χ0v) is 10.9. The summed E-state index contributed by atoms with van der Waals surface area (Å²) in [5, 5.41) is 5.93. The van der Waals surface area contributed by atoms with E-state index in [1.54, 1.807) is 6.20 Å². The number of pyridine rings is 1. The van der Waals surface area contributed by atoms with Crippen molar-refractivity contribution in [3.63, 3.8) is 0 Å². The molecule has 2 aromatic rings. The van der Waals surface area contributed by atoms with Crippen LogP contribution >= 0.6 is 0 Å². The molecule has 4 heteroatoms. The molecule has 0 aliphatic carbocycles. The molecule has 0 radical (unpaired) electrons. The molecule has 1 amide bonds. The molecule has 0 unspecified atom stereocenters. The van der Waals surface area contributed by atoms with Gasteiger partial charge in [0.15, 0.2) is 0 Å². The molecule has 19 heavy (non-hydrogen) atoms. The third kappa shape index (κ3) is 4.43. The lowest BCUT2D eigenvalue weighted by Gasteiger charge is -2.07. The topological polar surface area (TPSA) is 54.0 Å². The predicted octanol–water partition coefficient (Wildman–Crippen LogP) is 2.69. The minimum absolute atomic E-state index is 0.0911. The van der Waals surface area contributed by atoms with Gasteiger partial charge in [-0.1, -0.05) is 30.3 Å². The third-order valence-electron chi connectivity index (χ3n) is 2.65. The van der Waals surface area contributed by atoms with Crippen LogP contribution in [0.2, 0.25) is 0 Å². The highest BCUT2D eigenvalue weighted by molar-refractivity contribution is 5.88. The van der Waals surface area contributed by atoms with Crippen LogP contribution in [0.1, 0.15) is 12.5 Å². The van der Waals surface area contributed by atoms with Crippen molar-refractivity contribution in [3.8, 4) is 0 Å². The Bertz CT molecular complexity index is 523. The second-order valence-corrected chi connectivity index (χ2v) is 4.28. The second-order valence-electron chi connectivity index (χ2n) is 4.28. The van der Waals surface area contributed by atoms with E-state index in [2.05, 4.69) is 27.8 Å². The van der Waals surface area contributed by atoms with E-state index in [0.717, 1.165) is 18.8 Å². The maximum absolute atomic E-state index is 10.9. The van der Waals surface area contributed by atoms with Gasteiger partial charge in [-0.15, -0.1) is 0 Å². The Hall–Kier alpha value is -2.36. The monoisotopic (exact) mass is 255 g/mol. The van der Waals surface area contributed by atoms with E-state index < -0.39 is 0 Å². The maximum Gasteiger partial charge on any atom is 0.221 e. The lowest BCUT2D eigenvalue weighted by molar-refractivity contribution is -0.114. The first-order valence-corrected chi connectivity index (χ1v) is 6.25. The summed E-state index contributed by atoms with van der Waals surface area (Å²) in [6, 6.07) is 14.0. The van der Waals surface area contributed by atoms with Crippen LogP contribution in [-0.2, 0) is 11.2 Å². The summed E-state index contributed by atoms with van der Waals surface area (Å²) < 4.78 is 0. The summed E-state index contributed by atoms with van der Waals surface area (Å²) in [5.74, 6) is 0.719. The molecule has 4 nitrogen and oxygen atoms in total. The molecule has 1 aromatic heterocycles. The Morgan fingerprint density at radius 3 is 2.58 bits per heavy atom. The van der Waals surface area contributed by atoms with Crippen LogP contribution in [-0.4, -0.2) is 17.4 Å². The first kappa shape index (κ1) is 13.1. The van der Waals surface area contributed by atoms with E-state index >= 15 is 0 Å². The number of rotatable bonds is 5. The smallest absolute Gasteiger partial charge is 0.221 e. The SMILES string of the molecule is CC(=O)Nc1ccc(NCCc2ccccc2)nc1. The van der Waals surface area contributed by atoms with Gasteiger partial charge in [0.25, 0.3) is 0 Å². The average Bonchev–Trinajstić information content (AvgIpc) is 2.41. The van der Waals surface area contributed by atoms with Crippen molar-refractivity contribution < 1.29 is 4.79 Å². The molecular weight excluding hydrogens is 238 g/mol. The molecule has 0 spiro atoms. The van der Waals surface area contributed by atoms with Crippen LogP contribution in [0.15, 0.2) is 48.7 Å². The summed E-state index contributed by atoms with van der Waals surface area (Å²) in [4.78, 5) is 15.1. The van der Waals surface area contributed by atoms with Gasteiger partial charge in [-0.25, -0.2) is 4.98 Å². The highest BCUT2D eigenvalue weighted by atomic mass is 16.1. The first-order chi connectivity index (χ1) is 9.24. The molecule has 0 aliphatic rings. The Morgan fingerprint density at radius 2 is 1.95 bits per heavy atom. The zero-order chi connectivity index (χ0) is 13.5. The van der Waals surface area contributed by atoms with E-state index in [0.29, 0.717) is 5.69 Å². The standard InChI is InChI=1S/C15H17N3O/c1-12(19)18-14-7-8-15(17-11-14)16-10-9-13-5-3-2-4-6-13/h2-8,11H,9-10H2,1H3,(H,16,17)(H,18,19). The summed E-state index contributed by atoms with van der Waals surface area (Å²) in [6.45, 7) is 2.31. The van der Waals surface area contributed by atoms with Crippen LogP contribution in [0, 0.1) is 0 Å². The van der Waals surface area contributed by atoms with Crippen molar-refractivity contribution in [1.82, 2.24) is 4.98 Å². The summed E-state index contributed by atoms with van der Waals surface area (Å²) >= 11 is 0. The molecule has 2 rings (SSSR count). The third-order valence-corrected chi connectivity index (χ3v) is 2.65. The van der Waals surface area contributed by atoms with Gasteiger partial charge in [0, 0.05) is 13.5 Å². The van der Waals surface area contributed by atoms with Crippen molar-refractivity contribution in [2.75, 3.05) is 17.2 Å². The van der Waals surface area contributed by atoms with Gasteiger partial charge < -0.3 is 10.6 Å². The second kappa shape index (κ2) is 6.54. The van der Waals surface area contributed by atoms with Crippen molar-refractivity contribution >= 4 is 17.4 Å². The van der Waals surface area contributed by atoms with Gasteiger partial charge in [-0.3, -0.25) is 4.79 Å². The number of benzene rings is 1. The van der Waals surface area contributed by atoms with Gasteiger partial charge in [-0.05, 0) is 24.1 Å². The number of nitrogens with zero attached hydrogens (tertiary/aromatic N) is 1. The van der Waals surface area contributed by atoms with Gasteiger partial charge in [0.05, 0.1) is 11.9 Å². The van der Waals surface area contributed by atoms with Crippen LogP contribution in [0.25, 0.3) is 0 Å². The highest BCUT2D eigenvalue weighted by Crippen LogP contribution is 2.09. The number of aromatic nitrogens is 1. The van der Waals surface area contributed by atoms with E-state index in [-0.39, 0.29) is 5.91 Å². The first-order valence-electron chi connectivity index (χ1n) is 6.25. The van der Waals surface area contributed by atoms with Crippen molar-refractivity contribution in [3.05, 3.63) is 54.2 Å². The Kier molecular flexibility index (Phi) is 4.50. The Morgan fingerprint density at radius 1 is 1.16 bits per heavy atom. The molecule has 1 aromatic carbocycles. The molecule has 0 atom stereocenters. The number of hydrogen-bond acceptors (Lipinski definition) is 3. The number of anilines is 2. The summed E-state index contributed by atoms with van der Waals surface area (Å²) in [5.41, 5.74) is 2.01. The minimum atomic E-state index is -0.0911. The molecule has 0 bridgehead atoms. The molecular formula is C15H17N3O. The minimum Gasteiger partial charge on any atom is -0.370 e. The zero-order valence-electron chi connectivity index (χ0n) is 10.9. The molecule has 1 heterocycles. The van der Waals surface area contributed by atoms with Crippen LogP contribution in [0.4, 0.5) is 11.5 Å². The van der Waals surface area contributed by atoms with Gasteiger partial charge in [-0.2, -0.15) is 0 Å². The Balaban J connectivity index is 1.81. The maximum atomic E-state index is 10.9. The number of carbonyl (C=O) groups excluding carboxylic acids is 1. The quantitative estimate of drug-likeness (QED) is 0.863. The molecule has 98 valence electrons. The highest BCUT2D eigenvalue weighted by Gasteiger charge is 1.97. The van der Waals surface area contributed by atoms with Crippen LogP contribution in [0.5, 0.6) is 0 Å². The summed E-state index contributed by atoms with van der Waals surface area (Å²) in [6.07, 6.45) is 2.60. The van der Waals surface area contributed by atoms with E-state index in [9.17, 15) is 4.79 Å². The molecule has 0 saturated carbocycles. The fraction of sp³-hybridized carbons (Fsp3) is 0.200. The predicted molar refractivity (Wildman–Crippen MR) is 77.2 cm³/mol. The largest absolute Gasteiger partial charge is 0.370 e. The van der Waals surface area contributed by atoms with Crippen molar-refractivity contribution in [2.24, 2.45) is 0 Å². The van der Waals surface area contributed by atoms with Gasteiger partial charge >= 0.3 is 0 Å². The fourth-order valence-corrected chi connectivity index (χ4v) is 1.76. The number of carbonyl (C=O) groups is 1. The molecule has 0 aliphatic heterocycles.